The Morgan fingerprint density at radius 2 is 0.719 bits per heavy atom. The van der Waals surface area contributed by atoms with E-state index >= 15 is 0 Å². The first kappa shape index (κ1) is 34.4. The summed E-state index contributed by atoms with van der Waals surface area (Å²) in [6.45, 7) is 4.72. The highest BCUT2D eigenvalue weighted by atomic mass is 14.7. The van der Waals surface area contributed by atoms with Crippen LogP contribution < -0.4 is 0 Å². The number of benzene rings is 8. The maximum Gasteiger partial charge on any atom is 0.0715 e. The average Bonchev–Trinajstić information content (AvgIpc) is 3.51. The van der Waals surface area contributed by atoms with E-state index in [-0.39, 0.29) is 5.41 Å². The maximum absolute atomic E-state index is 5.27. The molecule has 1 heterocycles. The number of aromatic nitrogens is 1. The molecule has 270 valence electrons. The van der Waals surface area contributed by atoms with Gasteiger partial charge in [-0.3, -0.25) is 0 Å². The Balaban J connectivity index is 1.06. The molecule has 1 aliphatic rings. The van der Waals surface area contributed by atoms with E-state index < -0.39 is 0 Å². The van der Waals surface area contributed by atoms with Gasteiger partial charge in [0.1, 0.15) is 0 Å². The van der Waals surface area contributed by atoms with Crippen LogP contribution >= 0.6 is 0 Å². The molecule has 0 fully saturated rings. The van der Waals surface area contributed by atoms with E-state index in [1.54, 1.807) is 0 Å². The third-order valence-corrected chi connectivity index (χ3v) is 11.7. The standard InChI is InChI=1S/C56H41N/c1-56(2)52-27-13-12-26-48(52)51-36-49(41-18-8-4-9-19-41)50(37-53(51)56)45-24-14-22-43(32-45)44-23-15-25-46(33-44)55-35-47(34-54(57-55)42-20-10-5-11-21-42)40-30-28-39(29-31-40)38-16-6-3-7-17-38/h3-37H,1-2H3. The van der Waals surface area contributed by atoms with Crippen molar-refractivity contribution in [1.82, 2.24) is 4.98 Å². The topological polar surface area (TPSA) is 12.9 Å². The highest BCUT2D eigenvalue weighted by molar-refractivity contribution is 5.93. The molecule has 0 bridgehead atoms. The van der Waals surface area contributed by atoms with Gasteiger partial charge in [-0.1, -0.05) is 190 Å². The van der Waals surface area contributed by atoms with Gasteiger partial charge in [0.25, 0.3) is 0 Å². The van der Waals surface area contributed by atoms with Crippen LogP contribution in [0.4, 0.5) is 0 Å². The summed E-state index contributed by atoms with van der Waals surface area (Å²) >= 11 is 0. The summed E-state index contributed by atoms with van der Waals surface area (Å²) in [5, 5.41) is 0. The molecule has 0 saturated heterocycles. The molecule has 0 spiro atoms. The second-order valence-corrected chi connectivity index (χ2v) is 15.6. The fourth-order valence-corrected chi connectivity index (χ4v) is 8.66. The van der Waals surface area contributed by atoms with Crippen molar-refractivity contribution in [1.29, 1.82) is 0 Å². The number of pyridine rings is 1. The van der Waals surface area contributed by atoms with Gasteiger partial charge in [0.05, 0.1) is 11.4 Å². The Kier molecular flexibility index (Phi) is 8.57. The summed E-state index contributed by atoms with van der Waals surface area (Å²) < 4.78 is 0. The van der Waals surface area contributed by atoms with Gasteiger partial charge < -0.3 is 0 Å². The van der Waals surface area contributed by atoms with Crippen LogP contribution in [0.15, 0.2) is 212 Å². The van der Waals surface area contributed by atoms with Crippen LogP contribution in [0.25, 0.3) is 89.3 Å². The highest BCUT2D eigenvalue weighted by Crippen LogP contribution is 2.52. The van der Waals surface area contributed by atoms with Crippen molar-refractivity contribution >= 4 is 0 Å². The first-order valence-electron chi connectivity index (χ1n) is 19.8. The maximum atomic E-state index is 5.27. The number of hydrogen-bond donors (Lipinski definition) is 0. The molecule has 1 aliphatic carbocycles. The van der Waals surface area contributed by atoms with Crippen LogP contribution in [0.1, 0.15) is 25.0 Å². The van der Waals surface area contributed by atoms with Crippen molar-refractivity contribution in [2.45, 2.75) is 19.3 Å². The average molecular weight is 728 g/mol. The number of hydrogen-bond acceptors (Lipinski definition) is 1. The van der Waals surface area contributed by atoms with Crippen molar-refractivity contribution in [3.63, 3.8) is 0 Å². The van der Waals surface area contributed by atoms with Crippen LogP contribution in [0, 0.1) is 0 Å². The second-order valence-electron chi connectivity index (χ2n) is 15.6. The SMILES string of the molecule is CC1(C)c2ccccc2-c2cc(-c3ccccc3)c(-c3cccc(-c4cccc(-c5cc(-c6ccc(-c7ccccc7)cc6)cc(-c6ccccc6)n5)c4)c3)cc21. The molecule has 0 aliphatic heterocycles. The van der Waals surface area contributed by atoms with Gasteiger partial charge in [-0.15, -0.1) is 0 Å². The molecule has 0 N–H and O–H groups in total. The predicted molar refractivity (Wildman–Crippen MR) is 240 cm³/mol. The summed E-state index contributed by atoms with van der Waals surface area (Å²) in [6.07, 6.45) is 0. The smallest absolute Gasteiger partial charge is 0.0715 e. The third kappa shape index (κ3) is 6.38. The largest absolute Gasteiger partial charge is 0.248 e. The summed E-state index contributed by atoms with van der Waals surface area (Å²) in [4.78, 5) is 5.27. The number of fused-ring (bicyclic) bond motifs is 3. The van der Waals surface area contributed by atoms with E-state index in [2.05, 4.69) is 226 Å². The molecule has 0 radical (unpaired) electrons. The van der Waals surface area contributed by atoms with Crippen LogP contribution in [-0.4, -0.2) is 4.98 Å². The van der Waals surface area contributed by atoms with E-state index in [0.717, 1.165) is 39.2 Å². The fourth-order valence-electron chi connectivity index (χ4n) is 8.66. The Hall–Kier alpha value is -7.09. The molecule has 8 aromatic carbocycles. The minimum atomic E-state index is -0.0914. The lowest BCUT2D eigenvalue weighted by molar-refractivity contribution is 0.660. The summed E-state index contributed by atoms with van der Waals surface area (Å²) in [6, 6.07) is 76.9. The van der Waals surface area contributed by atoms with Gasteiger partial charge in [-0.25, -0.2) is 4.98 Å². The molecule has 1 aromatic heterocycles. The zero-order chi connectivity index (χ0) is 38.3. The van der Waals surface area contributed by atoms with Crippen molar-refractivity contribution in [2.24, 2.45) is 0 Å². The van der Waals surface area contributed by atoms with E-state index in [9.17, 15) is 0 Å². The molecule has 0 saturated carbocycles. The molecule has 57 heavy (non-hydrogen) atoms. The summed E-state index contributed by atoms with van der Waals surface area (Å²) in [7, 11) is 0. The monoisotopic (exact) mass is 727 g/mol. The lowest BCUT2D eigenvalue weighted by Gasteiger charge is -2.23. The molecule has 1 heteroatoms. The minimum Gasteiger partial charge on any atom is -0.248 e. The molecule has 1 nitrogen and oxygen atoms in total. The number of rotatable bonds is 7. The molecule has 0 atom stereocenters. The zero-order valence-corrected chi connectivity index (χ0v) is 32.2. The first-order chi connectivity index (χ1) is 28.0. The van der Waals surface area contributed by atoms with E-state index in [1.165, 1.54) is 61.2 Å². The Morgan fingerprint density at radius 3 is 1.39 bits per heavy atom. The van der Waals surface area contributed by atoms with E-state index in [4.69, 9.17) is 4.98 Å². The van der Waals surface area contributed by atoms with Crippen LogP contribution in [-0.2, 0) is 5.41 Å². The summed E-state index contributed by atoms with van der Waals surface area (Å²) in [5.41, 5.74) is 21.4. The molecule has 0 unspecified atom stereocenters. The highest BCUT2D eigenvalue weighted by Gasteiger charge is 2.36. The first-order valence-corrected chi connectivity index (χ1v) is 19.8. The normalized spacial score (nSPS) is 12.5. The summed E-state index contributed by atoms with van der Waals surface area (Å²) in [5.74, 6) is 0. The van der Waals surface area contributed by atoms with Gasteiger partial charge in [0.2, 0.25) is 0 Å². The molecular weight excluding hydrogens is 687 g/mol. The third-order valence-electron chi connectivity index (χ3n) is 11.7. The van der Waals surface area contributed by atoms with Gasteiger partial charge >= 0.3 is 0 Å². The zero-order valence-electron chi connectivity index (χ0n) is 32.2. The van der Waals surface area contributed by atoms with Gasteiger partial charge in [-0.2, -0.15) is 0 Å². The Labute approximate surface area is 335 Å². The fraction of sp³-hybridized carbons (Fsp3) is 0.0536. The van der Waals surface area contributed by atoms with E-state index in [1.807, 2.05) is 0 Å². The predicted octanol–water partition coefficient (Wildman–Crippen LogP) is 15.1. The molecular formula is C56H41N. The minimum absolute atomic E-state index is 0.0914. The van der Waals surface area contributed by atoms with Crippen molar-refractivity contribution in [2.75, 3.05) is 0 Å². The lowest BCUT2D eigenvalue weighted by Crippen LogP contribution is -2.15. The second kappa shape index (κ2) is 14.2. The van der Waals surface area contributed by atoms with Crippen molar-refractivity contribution < 1.29 is 0 Å². The molecule has 9 aromatic rings. The molecule has 10 rings (SSSR count). The Morgan fingerprint density at radius 1 is 0.263 bits per heavy atom. The van der Waals surface area contributed by atoms with Gasteiger partial charge in [0, 0.05) is 16.5 Å². The Bertz CT molecular complexity index is 2890. The van der Waals surface area contributed by atoms with Crippen LogP contribution in [0.3, 0.4) is 0 Å². The quantitative estimate of drug-likeness (QED) is 0.159. The van der Waals surface area contributed by atoms with Crippen molar-refractivity contribution in [3.05, 3.63) is 223 Å². The molecule has 0 amide bonds. The van der Waals surface area contributed by atoms with Gasteiger partial charge in [-0.05, 0) is 114 Å². The van der Waals surface area contributed by atoms with Gasteiger partial charge in [0.15, 0.2) is 0 Å². The van der Waals surface area contributed by atoms with Crippen LogP contribution in [0.2, 0.25) is 0 Å². The van der Waals surface area contributed by atoms with Crippen molar-refractivity contribution in [3.8, 4) is 89.3 Å². The number of nitrogens with zero attached hydrogens (tertiary/aromatic N) is 1. The lowest BCUT2D eigenvalue weighted by atomic mass is 9.80. The van der Waals surface area contributed by atoms with Crippen LogP contribution in [0.5, 0.6) is 0 Å². The van der Waals surface area contributed by atoms with E-state index in [0.29, 0.717) is 0 Å².